The number of thioether (sulfide) groups is 1. The highest BCUT2D eigenvalue weighted by Gasteiger charge is 2.29. The minimum Gasteiger partial charge on any atom is -0.382 e. The Kier molecular flexibility index (Phi) is 4.44. The monoisotopic (exact) mass is 305 g/mol. The van der Waals surface area contributed by atoms with Crippen molar-refractivity contribution in [1.82, 2.24) is 0 Å². The van der Waals surface area contributed by atoms with Gasteiger partial charge in [-0.15, -0.1) is 0 Å². The van der Waals surface area contributed by atoms with E-state index in [4.69, 9.17) is 0 Å². The number of halogens is 2. The van der Waals surface area contributed by atoms with Gasteiger partial charge in [0.05, 0.1) is 0 Å². The van der Waals surface area contributed by atoms with E-state index in [9.17, 15) is 8.78 Å². The Morgan fingerprint density at radius 3 is 2.24 bits per heavy atom. The number of hydrogen-bond acceptors (Lipinski definition) is 2. The van der Waals surface area contributed by atoms with Crippen molar-refractivity contribution in [3.63, 3.8) is 0 Å². The van der Waals surface area contributed by atoms with Gasteiger partial charge in [0.15, 0.2) is 0 Å². The molecule has 1 N–H and O–H groups in total. The second kappa shape index (κ2) is 6.48. The molecule has 0 aromatic heterocycles. The van der Waals surface area contributed by atoms with E-state index in [0.717, 1.165) is 18.5 Å². The van der Waals surface area contributed by atoms with Gasteiger partial charge in [0.1, 0.15) is 0 Å². The van der Waals surface area contributed by atoms with Crippen LogP contribution >= 0.6 is 11.8 Å². The zero-order valence-corrected chi connectivity index (χ0v) is 12.3. The smallest absolute Gasteiger partial charge is 0.288 e. The third kappa shape index (κ3) is 3.76. The Bertz CT molecular complexity index is 565. The zero-order chi connectivity index (χ0) is 14.7. The third-order valence-corrected chi connectivity index (χ3v) is 4.58. The van der Waals surface area contributed by atoms with Gasteiger partial charge in [-0.25, -0.2) is 0 Å². The highest BCUT2D eigenvalue weighted by molar-refractivity contribution is 7.99. The Labute approximate surface area is 127 Å². The summed E-state index contributed by atoms with van der Waals surface area (Å²) in [5.41, 5.74) is 2.41. The van der Waals surface area contributed by atoms with E-state index in [1.807, 2.05) is 18.2 Å². The Hall–Kier alpha value is -1.55. The predicted molar refractivity (Wildman–Crippen MR) is 84.1 cm³/mol. The van der Waals surface area contributed by atoms with Crippen LogP contribution in [0.25, 0.3) is 0 Å². The van der Waals surface area contributed by atoms with Crippen LogP contribution in [0.5, 0.6) is 0 Å². The van der Waals surface area contributed by atoms with Gasteiger partial charge in [0, 0.05) is 16.6 Å². The number of hydrogen-bond donors (Lipinski definition) is 1. The first-order valence-electron chi connectivity index (χ1n) is 7.07. The largest absolute Gasteiger partial charge is 0.382 e. The summed E-state index contributed by atoms with van der Waals surface area (Å²) in [5.74, 6) is -1.72. The summed E-state index contributed by atoms with van der Waals surface area (Å²) >= 11 is 0.582. The normalized spacial score (nSPS) is 21.1. The van der Waals surface area contributed by atoms with Crippen molar-refractivity contribution in [1.29, 1.82) is 0 Å². The lowest BCUT2D eigenvalue weighted by Gasteiger charge is -2.37. The lowest BCUT2D eigenvalue weighted by molar-refractivity contribution is 0.252. The standard InChI is InChI=1S/C17H17F2NS/c18-17(19)21-16-8-6-14(7-9-16)20-15-10-13(11-15)12-4-2-1-3-5-12/h1-9,13,15,17,20H,10-11H2. The van der Waals surface area contributed by atoms with Crippen molar-refractivity contribution in [3.05, 3.63) is 60.2 Å². The van der Waals surface area contributed by atoms with E-state index in [1.54, 1.807) is 12.1 Å². The Morgan fingerprint density at radius 2 is 1.62 bits per heavy atom. The van der Waals surface area contributed by atoms with Crippen molar-refractivity contribution >= 4 is 17.4 Å². The topological polar surface area (TPSA) is 12.0 Å². The average Bonchev–Trinajstić information content (AvgIpc) is 2.44. The van der Waals surface area contributed by atoms with Crippen molar-refractivity contribution in [2.75, 3.05) is 5.32 Å². The third-order valence-electron chi connectivity index (χ3n) is 3.86. The quantitative estimate of drug-likeness (QED) is 0.746. The van der Waals surface area contributed by atoms with Gasteiger partial charge in [-0.05, 0) is 48.6 Å². The molecule has 0 heterocycles. The zero-order valence-electron chi connectivity index (χ0n) is 11.5. The summed E-state index contributed by atoms with van der Waals surface area (Å²) in [4.78, 5) is 0.603. The molecule has 0 bridgehead atoms. The first-order chi connectivity index (χ1) is 10.2. The lowest BCUT2D eigenvalue weighted by atomic mass is 9.76. The van der Waals surface area contributed by atoms with Crippen LogP contribution < -0.4 is 5.32 Å². The molecule has 0 aliphatic heterocycles. The van der Waals surface area contributed by atoms with Gasteiger partial charge in [-0.2, -0.15) is 8.78 Å². The summed E-state index contributed by atoms with van der Waals surface area (Å²) in [6.45, 7) is 0. The number of benzene rings is 2. The highest BCUT2D eigenvalue weighted by Crippen LogP contribution is 2.38. The van der Waals surface area contributed by atoms with E-state index in [0.29, 0.717) is 28.6 Å². The number of alkyl halides is 2. The molecule has 0 saturated heterocycles. The van der Waals surface area contributed by atoms with Crippen molar-refractivity contribution in [2.45, 2.75) is 35.5 Å². The van der Waals surface area contributed by atoms with Gasteiger partial charge in [0.25, 0.3) is 5.76 Å². The second-order valence-corrected chi connectivity index (χ2v) is 6.39. The minimum atomic E-state index is -2.36. The maximum atomic E-state index is 12.2. The van der Waals surface area contributed by atoms with Crippen molar-refractivity contribution in [2.24, 2.45) is 0 Å². The van der Waals surface area contributed by atoms with Crippen LogP contribution in [0.3, 0.4) is 0 Å². The molecule has 0 unspecified atom stereocenters. The van der Waals surface area contributed by atoms with Crippen molar-refractivity contribution in [3.8, 4) is 0 Å². The van der Waals surface area contributed by atoms with E-state index in [1.165, 1.54) is 5.56 Å². The number of nitrogens with one attached hydrogen (secondary N) is 1. The predicted octanol–water partition coefficient (Wildman–Crippen LogP) is 5.36. The minimum absolute atomic E-state index is 0.476. The molecular weight excluding hydrogens is 288 g/mol. The summed E-state index contributed by atoms with van der Waals surface area (Å²) in [6, 6.07) is 18.3. The molecule has 1 fully saturated rings. The van der Waals surface area contributed by atoms with Crippen LogP contribution in [0.4, 0.5) is 14.5 Å². The van der Waals surface area contributed by atoms with Crippen molar-refractivity contribution < 1.29 is 8.78 Å². The molecular formula is C17H17F2NS. The summed E-state index contributed by atoms with van der Waals surface area (Å²) in [5, 5.41) is 3.46. The molecule has 4 heteroatoms. The first kappa shape index (κ1) is 14.4. The highest BCUT2D eigenvalue weighted by atomic mass is 32.2. The molecule has 1 aliphatic carbocycles. The molecule has 2 aromatic rings. The molecule has 3 rings (SSSR count). The number of rotatable bonds is 5. The van der Waals surface area contributed by atoms with Gasteiger partial charge in [-0.3, -0.25) is 0 Å². The van der Waals surface area contributed by atoms with Gasteiger partial charge in [-0.1, -0.05) is 42.1 Å². The van der Waals surface area contributed by atoms with E-state index < -0.39 is 5.76 Å². The van der Waals surface area contributed by atoms with Crippen LogP contribution in [-0.2, 0) is 0 Å². The fraction of sp³-hybridized carbons (Fsp3) is 0.294. The molecule has 0 amide bonds. The van der Waals surface area contributed by atoms with Crippen LogP contribution in [0.2, 0.25) is 0 Å². The molecule has 0 spiro atoms. The molecule has 0 atom stereocenters. The summed E-state index contributed by atoms with van der Waals surface area (Å²) in [7, 11) is 0. The van der Waals surface area contributed by atoms with Gasteiger partial charge >= 0.3 is 0 Å². The molecule has 2 aromatic carbocycles. The Balaban J connectivity index is 1.50. The maximum absolute atomic E-state index is 12.2. The van der Waals surface area contributed by atoms with Crippen LogP contribution in [-0.4, -0.2) is 11.8 Å². The fourth-order valence-corrected chi connectivity index (χ4v) is 3.20. The summed E-state index contributed by atoms with van der Waals surface area (Å²) < 4.78 is 24.5. The molecule has 1 saturated carbocycles. The first-order valence-corrected chi connectivity index (χ1v) is 7.95. The fourth-order valence-electron chi connectivity index (χ4n) is 2.70. The molecule has 1 nitrogen and oxygen atoms in total. The van der Waals surface area contributed by atoms with E-state index >= 15 is 0 Å². The van der Waals surface area contributed by atoms with Crippen LogP contribution in [0, 0.1) is 0 Å². The molecule has 21 heavy (non-hydrogen) atoms. The number of anilines is 1. The maximum Gasteiger partial charge on any atom is 0.288 e. The van der Waals surface area contributed by atoms with Crippen LogP contribution in [0.1, 0.15) is 24.3 Å². The SMILES string of the molecule is FC(F)Sc1ccc(NC2CC(c3ccccc3)C2)cc1. The average molecular weight is 305 g/mol. The van der Waals surface area contributed by atoms with Crippen LogP contribution in [0.15, 0.2) is 59.5 Å². The van der Waals surface area contributed by atoms with E-state index in [2.05, 4.69) is 29.6 Å². The van der Waals surface area contributed by atoms with Gasteiger partial charge in [0.2, 0.25) is 0 Å². The molecule has 0 radical (unpaired) electrons. The van der Waals surface area contributed by atoms with E-state index in [-0.39, 0.29) is 0 Å². The molecule has 110 valence electrons. The summed E-state index contributed by atoms with van der Waals surface area (Å²) in [6.07, 6.45) is 2.25. The molecule has 1 aliphatic rings. The second-order valence-electron chi connectivity index (χ2n) is 5.32. The van der Waals surface area contributed by atoms with Gasteiger partial charge < -0.3 is 5.32 Å². The Morgan fingerprint density at radius 1 is 0.952 bits per heavy atom. The lowest BCUT2D eigenvalue weighted by Crippen LogP contribution is -2.33.